The van der Waals surface area contributed by atoms with Crippen LogP contribution in [-0.2, 0) is 9.53 Å². The molecule has 0 rings (SSSR count). The van der Waals surface area contributed by atoms with Crippen LogP contribution in [-0.4, -0.2) is 43.4 Å². The van der Waals surface area contributed by atoms with Crippen molar-refractivity contribution in [2.75, 3.05) is 20.3 Å². The summed E-state index contributed by atoms with van der Waals surface area (Å²) >= 11 is 0. The van der Waals surface area contributed by atoms with Crippen LogP contribution in [0.25, 0.3) is 0 Å². The summed E-state index contributed by atoms with van der Waals surface area (Å²) in [5.41, 5.74) is -0.0948. The molecule has 0 fully saturated rings. The molecule has 0 bridgehead atoms. The Balaban J connectivity index is 4.30. The van der Waals surface area contributed by atoms with E-state index < -0.39 is 18.0 Å². The van der Waals surface area contributed by atoms with E-state index >= 15 is 0 Å². The molecule has 0 aliphatic rings. The van der Waals surface area contributed by atoms with Gasteiger partial charge in [0.1, 0.15) is 6.04 Å². The van der Waals surface area contributed by atoms with Gasteiger partial charge in [-0.3, -0.25) is 0 Å². The van der Waals surface area contributed by atoms with Crippen molar-refractivity contribution in [2.24, 2.45) is 11.3 Å². The van der Waals surface area contributed by atoms with Gasteiger partial charge in [-0.25, -0.2) is 9.59 Å². The van der Waals surface area contributed by atoms with Gasteiger partial charge in [0.2, 0.25) is 0 Å². The summed E-state index contributed by atoms with van der Waals surface area (Å²) in [6.07, 6.45) is 1.51. The fourth-order valence-electron chi connectivity index (χ4n) is 1.66. The van der Waals surface area contributed by atoms with Gasteiger partial charge in [0.15, 0.2) is 0 Å². The summed E-state index contributed by atoms with van der Waals surface area (Å²) in [5.74, 6) is -1.12. The summed E-state index contributed by atoms with van der Waals surface area (Å²) in [4.78, 5) is 22.9. The van der Waals surface area contributed by atoms with Crippen LogP contribution in [0.15, 0.2) is 0 Å². The van der Waals surface area contributed by atoms with Crippen LogP contribution in [0.3, 0.4) is 0 Å². The van der Waals surface area contributed by atoms with E-state index in [1.165, 1.54) is 0 Å². The molecule has 0 aliphatic carbocycles. The van der Waals surface area contributed by atoms with Crippen LogP contribution in [0, 0.1) is 11.3 Å². The molecule has 20 heavy (non-hydrogen) atoms. The van der Waals surface area contributed by atoms with E-state index in [1.807, 2.05) is 27.7 Å². The molecule has 0 spiro atoms. The second kappa shape index (κ2) is 8.79. The highest BCUT2D eigenvalue weighted by atomic mass is 16.5. The normalized spacial score (nSPS) is 14.4. The highest BCUT2D eigenvalue weighted by Gasteiger charge is 2.26. The minimum Gasteiger partial charge on any atom is -0.480 e. The Morgan fingerprint density at radius 2 is 1.95 bits per heavy atom. The van der Waals surface area contributed by atoms with Gasteiger partial charge in [-0.05, 0) is 17.8 Å². The Morgan fingerprint density at radius 3 is 2.40 bits per heavy atom. The van der Waals surface area contributed by atoms with E-state index in [4.69, 9.17) is 9.84 Å². The average Bonchev–Trinajstić information content (AvgIpc) is 2.39. The lowest BCUT2D eigenvalue weighted by molar-refractivity contribution is -0.140. The van der Waals surface area contributed by atoms with Crippen molar-refractivity contribution in [3.63, 3.8) is 0 Å². The zero-order valence-electron chi connectivity index (χ0n) is 13.2. The predicted molar refractivity (Wildman–Crippen MR) is 77.7 cm³/mol. The molecule has 6 heteroatoms. The zero-order chi connectivity index (χ0) is 15.8. The maximum atomic E-state index is 11.8. The van der Waals surface area contributed by atoms with E-state index in [9.17, 15) is 9.59 Å². The monoisotopic (exact) mass is 288 g/mol. The molecule has 0 aromatic carbocycles. The smallest absolute Gasteiger partial charge is 0.326 e. The van der Waals surface area contributed by atoms with E-state index in [-0.39, 0.29) is 11.3 Å². The lowest BCUT2D eigenvalue weighted by atomic mass is 9.90. The number of aliphatic carboxylic acids is 1. The van der Waals surface area contributed by atoms with Gasteiger partial charge in [0.25, 0.3) is 0 Å². The number of carboxylic acids is 1. The minimum atomic E-state index is -1.01. The highest BCUT2D eigenvalue weighted by Crippen LogP contribution is 2.18. The first-order valence-electron chi connectivity index (χ1n) is 6.99. The van der Waals surface area contributed by atoms with Gasteiger partial charge in [-0.1, -0.05) is 34.1 Å². The Bertz CT molecular complexity index is 318. The van der Waals surface area contributed by atoms with Crippen LogP contribution < -0.4 is 10.6 Å². The second-order valence-corrected chi connectivity index (χ2v) is 5.94. The summed E-state index contributed by atoms with van der Waals surface area (Å²) < 4.78 is 5.02. The molecule has 2 amide bonds. The molecule has 0 heterocycles. The van der Waals surface area contributed by atoms with Crippen LogP contribution in [0.2, 0.25) is 0 Å². The summed E-state index contributed by atoms with van der Waals surface area (Å²) in [6, 6.07) is -1.30. The molecule has 6 nitrogen and oxygen atoms in total. The number of urea groups is 1. The number of carboxylic acid groups (broad SMARTS) is 1. The van der Waals surface area contributed by atoms with Crippen molar-refractivity contribution in [3.05, 3.63) is 0 Å². The number of amides is 2. The SMILES string of the molecule is CCC(C)C(NC(=O)NCC(C)(C)CCOC)C(=O)O. The number of carbonyl (C=O) groups excluding carboxylic acids is 1. The van der Waals surface area contributed by atoms with E-state index in [0.717, 1.165) is 6.42 Å². The van der Waals surface area contributed by atoms with E-state index in [2.05, 4.69) is 10.6 Å². The largest absolute Gasteiger partial charge is 0.480 e. The van der Waals surface area contributed by atoms with Crippen molar-refractivity contribution in [3.8, 4) is 0 Å². The molecule has 0 saturated carbocycles. The van der Waals surface area contributed by atoms with Crippen molar-refractivity contribution in [2.45, 2.75) is 46.6 Å². The van der Waals surface area contributed by atoms with Crippen LogP contribution in [0.4, 0.5) is 4.79 Å². The summed E-state index contributed by atoms with van der Waals surface area (Å²) in [6.45, 7) is 8.84. The minimum absolute atomic E-state index is 0.0948. The number of nitrogens with one attached hydrogen (secondary N) is 2. The molecular weight excluding hydrogens is 260 g/mol. The van der Waals surface area contributed by atoms with Crippen molar-refractivity contribution >= 4 is 12.0 Å². The Kier molecular flexibility index (Phi) is 8.22. The number of hydrogen-bond donors (Lipinski definition) is 3. The third-order valence-electron chi connectivity index (χ3n) is 3.48. The predicted octanol–water partition coefficient (Wildman–Crippen LogP) is 1.85. The quantitative estimate of drug-likeness (QED) is 0.604. The second-order valence-electron chi connectivity index (χ2n) is 5.94. The standard InChI is InChI=1S/C14H28N2O4/c1-6-10(2)11(12(17)18)16-13(19)15-9-14(3,4)7-8-20-5/h10-11H,6-9H2,1-5H3,(H,17,18)(H2,15,16,19). The molecular formula is C14H28N2O4. The van der Waals surface area contributed by atoms with Gasteiger partial charge >= 0.3 is 12.0 Å². The fourth-order valence-corrected chi connectivity index (χ4v) is 1.66. The fraction of sp³-hybridized carbons (Fsp3) is 0.857. The third kappa shape index (κ3) is 7.33. The van der Waals surface area contributed by atoms with E-state index in [1.54, 1.807) is 7.11 Å². The van der Waals surface area contributed by atoms with Crippen molar-refractivity contribution in [1.82, 2.24) is 10.6 Å². The number of hydrogen-bond acceptors (Lipinski definition) is 3. The molecule has 0 saturated heterocycles. The first-order valence-corrected chi connectivity index (χ1v) is 6.99. The maximum absolute atomic E-state index is 11.8. The average molecular weight is 288 g/mol. The maximum Gasteiger partial charge on any atom is 0.326 e. The molecule has 0 radical (unpaired) electrons. The Morgan fingerprint density at radius 1 is 1.35 bits per heavy atom. The Labute approximate surface area is 121 Å². The first kappa shape index (κ1) is 18.7. The molecule has 3 N–H and O–H groups in total. The molecule has 2 unspecified atom stereocenters. The lowest BCUT2D eigenvalue weighted by Crippen LogP contribution is -2.50. The molecule has 0 aliphatic heterocycles. The summed E-state index contributed by atoms with van der Waals surface area (Å²) in [7, 11) is 1.64. The van der Waals surface area contributed by atoms with Gasteiger partial charge in [0, 0.05) is 20.3 Å². The molecule has 118 valence electrons. The highest BCUT2D eigenvalue weighted by molar-refractivity contribution is 5.82. The van der Waals surface area contributed by atoms with Gasteiger partial charge < -0.3 is 20.5 Å². The van der Waals surface area contributed by atoms with Crippen LogP contribution in [0.5, 0.6) is 0 Å². The van der Waals surface area contributed by atoms with Gasteiger partial charge in [-0.15, -0.1) is 0 Å². The number of carbonyl (C=O) groups is 2. The number of ether oxygens (including phenoxy) is 1. The number of rotatable bonds is 9. The van der Waals surface area contributed by atoms with Crippen LogP contribution >= 0.6 is 0 Å². The van der Waals surface area contributed by atoms with Crippen LogP contribution in [0.1, 0.15) is 40.5 Å². The first-order chi connectivity index (χ1) is 9.23. The lowest BCUT2D eigenvalue weighted by Gasteiger charge is -2.26. The number of methoxy groups -OCH3 is 1. The third-order valence-corrected chi connectivity index (χ3v) is 3.48. The molecule has 2 atom stereocenters. The molecule has 0 aromatic rings. The van der Waals surface area contributed by atoms with Gasteiger partial charge in [0.05, 0.1) is 0 Å². The zero-order valence-corrected chi connectivity index (χ0v) is 13.2. The Hall–Kier alpha value is -1.30. The topological polar surface area (TPSA) is 87.7 Å². The van der Waals surface area contributed by atoms with Crippen molar-refractivity contribution < 1.29 is 19.4 Å². The van der Waals surface area contributed by atoms with E-state index in [0.29, 0.717) is 19.6 Å². The molecule has 0 aromatic heterocycles. The van der Waals surface area contributed by atoms with Gasteiger partial charge in [-0.2, -0.15) is 0 Å². The van der Waals surface area contributed by atoms with Crippen molar-refractivity contribution in [1.29, 1.82) is 0 Å². The summed E-state index contributed by atoms with van der Waals surface area (Å²) in [5, 5.41) is 14.4.